The Bertz CT molecular complexity index is 766. The van der Waals surface area contributed by atoms with Crippen molar-refractivity contribution in [2.45, 2.75) is 19.8 Å². The van der Waals surface area contributed by atoms with Crippen LogP contribution in [0.3, 0.4) is 0 Å². The number of amides is 2. The molecule has 0 bridgehead atoms. The molecule has 5 nitrogen and oxygen atoms in total. The smallest absolute Gasteiger partial charge is 0.271 e. The first-order valence-electron chi connectivity index (χ1n) is 7.76. The molecule has 132 valence electrons. The van der Waals surface area contributed by atoms with Crippen molar-refractivity contribution in [3.05, 3.63) is 63.6 Å². The largest absolute Gasteiger partial charge is 0.494 e. The van der Waals surface area contributed by atoms with E-state index in [0.717, 1.165) is 11.3 Å². The van der Waals surface area contributed by atoms with Crippen LogP contribution in [0, 0.1) is 0 Å². The summed E-state index contributed by atoms with van der Waals surface area (Å²) in [6.45, 7) is 2.46. The van der Waals surface area contributed by atoms with Crippen LogP contribution in [-0.4, -0.2) is 18.4 Å². The molecular weight excluding hydrogens is 363 g/mol. The summed E-state index contributed by atoms with van der Waals surface area (Å²) in [5, 5.41) is 0.634. The number of carbonyl (C=O) groups excluding carboxylic acids is 2. The standard InChI is InChI=1S/C18H18Cl2N2O3/c1-2-25-16-6-4-3-5-12(16)7-10-17(23)21-22-18(24)14-11-13(19)8-9-15(14)20/h3-6,8-9,11H,2,7,10H2,1H3,(H,21,23)(H,22,24). The number of nitrogens with one attached hydrogen (secondary N) is 2. The van der Waals surface area contributed by atoms with E-state index in [2.05, 4.69) is 10.9 Å². The Kier molecular flexibility index (Phi) is 7.10. The average Bonchev–Trinajstić information content (AvgIpc) is 2.61. The second-order valence-electron chi connectivity index (χ2n) is 5.17. The highest BCUT2D eigenvalue weighted by molar-refractivity contribution is 6.35. The average molecular weight is 381 g/mol. The van der Waals surface area contributed by atoms with Gasteiger partial charge in [0.25, 0.3) is 5.91 Å². The highest BCUT2D eigenvalue weighted by atomic mass is 35.5. The van der Waals surface area contributed by atoms with Crippen molar-refractivity contribution in [1.29, 1.82) is 0 Å². The van der Waals surface area contributed by atoms with Gasteiger partial charge in [-0.25, -0.2) is 0 Å². The summed E-state index contributed by atoms with van der Waals surface area (Å²) in [7, 11) is 0. The minimum atomic E-state index is -0.532. The van der Waals surface area contributed by atoms with Gasteiger partial charge in [0, 0.05) is 11.4 Å². The Balaban J connectivity index is 1.87. The number of hydrogen-bond donors (Lipinski definition) is 2. The first-order valence-corrected chi connectivity index (χ1v) is 8.51. The third-order valence-corrected chi connectivity index (χ3v) is 3.95. The molecule has 0 spiro atoms. The zero-order valence-electron chi connectivity index (χ0n) is 13.6. The summed E-state index contributed by atoms with van der Waals surface area (Å²) in [6, 6.07) is 12.1. The fourth-order valence-corrected chi connectivity index (χ4v) is 2.56. The minimum Gasteiger partial charge on any atom is -0.494 e. The molecule has 0 aliphatic rings. The fourth-order valence-electron chi connectivity index (χ4n) is 2.18. The van der Waals surface area contributed by atoms with Crippen molar-refractivity contribution in [1.82, 2.24) is 10.9 Å². The van der Waals surface area contributed by atoms with E-state index in [4.69, 9.17) is 27.9 Å². The lowest BCUT2D eigenvalue weighted by Gasteiger charge is -2.11. The van der Waals surface area contributed by atoms with E-state index in [-0.39, 0.29) is 22.9 Å². The summed E-state index contributed by atoms with van der Waals surface area (Å²) < 4.78 is 5.52. The van der Waals surface area contributed by atoms with Gasteiger partial charge in [-0.1, -0.05) is 41.4 Å². The molecule has 25 heavy (non-hydrogen) atoms. The van der Waals surface area contributed by atoms with Crippen molar-refractivity contribution in [2.24, 2.45) is 0 Å². The topological polar surface area (TPSA) is 67.4 Å². The zero-order valence-corrected chi connectivity index (χ0v) is 15.2. The highest BCUT2D eigenvalue weighted by Gasteiger charge is 2.12. The minimum absolute atomic E-state index is 0.191. The van der Waals surface area contributed by atoms with Gasteiger partial charge in [0.1, 0.15) is 5.75 Å². The van der Waals surface area contributed by atoms with Gasteiger partial charge in [0.05, 0.1) is 17.2 Å². The summed E-state index contributed by atoms with van der Waals surface area (Å²) >= 11 is 11.8. The van der Waals surface area contributed by atoms with Crippen molar-refractivity contribution < 1.29 is 14.3 Å². The molecule has 0 aliphatic heterocycles. The second kappa shape index (κ2) is 9.30. The van der Waals surface area contributed by atoms with E-state index >= 15 is 0 Å². The van der Waals surface area contributed by atoms with Crippen LogP contribution in [-0.2, 0) is 11.2 Å². The van der Waals surface area contributed by atoms with Crippen LogP contribution in [0.25, 0.3) is 0 Å². The normalized spacial score (nSPS) is 10.2. The van der Waals surface area contributed by atoms with E-state index in [9.17, 15) is 9.59 Å². The van der Waals surface area contributed by atoms with Gasteiger partial charge in [-0.2, -0.15) is 0 Å². The van der Waals surface area contributed by atoms with Crippen LogP contribution in [0.15, 0.2) is 42.5 Å². The summed E-state index contributed by atoms with van der Waals surface area (Å²) in [4.78, 5) is 24.0. The predicted molar refractivity (Wildman–Crippen MR) is 98.0 cm³/mol. The lowest BCUT2D eigenvalue weighted by Crippen LogP contribution is -2.41. The summed E-state index contributed by atoms with van der Waals surface area (Å²) in [5.74, 6) is -0.0964. The zero-order chi connectivity index (χ0) is 18.2. The Hall–Kier alpha value is -2.24. The van der Waals surface area contributed by atoms with E-state index in [1.165, 1.54) is 12.1 Å². The molecule has 0 aliphatic carbocycles. The van der Waals surface area contributed by atoms with Crippen molar-refractivity contribution in [3.8, 4) is 5.75 Å². The predicted octanol–water partition coefficient (Wildman–Crippen LogP) is 3.79. The van der Waals surface area contributed by atoms with Crippen molar-refractivity contribution in [3.63, 3.8) is 0 Å². The van der Waals surface area contributed by atoms with E-state index in [1.54, 1.807) is 6.07 Å². The lowest BCUT2D eigenvalue weighted by molar-refractivity contribution is -0.121. The van der Waals surface area contributed by atoms with Crippen LogP contribution < -0.4 is 15.6 Å². The second-order valence-corrected chi connectivity index (χ2v) is 6.01. The van der Waals surface area contributed by atoms with Gasteiger partial charge >= 0.3 is 0 Å². The van der Waals surface area contributed by atoms with E-state index < -0.39 is 5.91 Å². The molecule has 7 heteroatoms. The Morgan fingerprint density at radius 2 is 1.84 bits per heavy atom. The summed E-state index contributed by atoms with van der Waals surface area (Å²) in [5.41, 5.74) is 5.82. The Morgan fingerprint density at radius 1 is 1.08 bits per heavy atom. The Morgan fingerprint density at radius 3 is 2.60 bits per heavy atom. The first-order chi connectivity index (χ1) is 12.0. The molecule has 0 aromatic heterocycles. The van der Waals surface area contributed by atoms with Gasteiger partial charge in [-0.05, 0) is 43.2 Å². The molecular formula is C18H18Cl2N2O3. The molecule has 0 heterocycles. The molecule has 2 aromatic carbocycles. The van der Waals surface area contributed by atoms with Gasteiger partial charge in [-0.3, -0.25) is 20.4 Å². The molecule has 0 unspecified atom stereocenters. The maximum absolute atomic E-state index is 12.0. The molecule has 0 fully saturated rings. The van der Waals surface area contributed by atoms with Crippen LogP contribution in [0.1, 0.15) is 29.3 Å². The molecule has 2 N–H and O–H groups in total. The van der Waals surface area contributed by atoms with Gasteiger partial charge in [-0.15, -0.1) is 0 Å². The SMILES string of the molecule is CCOc1ccccc1CCC(=O)NNC(=O)c1cc(Cl)ccc1Cl. The monoisotopic (exact) mass is 380 g/mol. The van der Waals surface area contributed by atoms with Gasteiger partial charge in [0.15, 0.2) is 0 Å². The number of carbonyl (C=O) groups is 2. The molecule has 0 atom stereocenters. The first kappa shape index (κ1) is 19.1. The van der Waals surface area contributed by atoms with E-state index in [0.29, 0.717) is 18.1 Å². The number of halogens is 2. The molecule has 0 radical (unpaired) electrons. The van der Waals surface area contributed by atoms with Crippen molar-refractivity contribution >= 4 is 35.0 Å². The maximum Gasteiger partial charge on any atom is 0.271 e. The quantitative estimate of drug-likeness (QED) is 0.749. The number of rotatable bonds is 6. The molecule has 0 saturated heterocycles. The van der Waals surface area contributed by atoms with Gasteiger partial charge < -0.3 is 4.74 Å². The van der Waals surface area contributed by atoms with Gasteiger partial charge in [0.2, 0.25) is 5.91 Å². The summed E-state index contributed by atoms with van der Waals surface area (Å²) in [6.07, 6.45) is 0.698. The highest BCUT2D eigenvalue weighted by Crippen LogP contribution is 2.21. The molecule has 0 saturated carbocycles. The van der Waals surface area contributed by atoms with E-state index in [1.807, 2.05) is 31.2 Å². The lowest BCUT2D eigenvalue weighted by atomic mass is 10.1. The number of hydrogen-bond acceptors (Lipinski definition) is 3. The van der Waals surface area contributed by atoms with Crippen LogP contribution in [0.2, 0.25) is 10.0 Å². The number of benzene rings is 2. The number of ether oxygens (including phenoxy) is 1. The third-order valence-electron chi connectivity index (χ3n) is 3.38. The number of para-hydroxylation sites is 1. The third kappa shape index (κ3) is 5.66. The molecule has 2 amide bonds. The Labute approximate surface area is 156 Å². The van der Waals surface area contributed by atoms with Crippen molar-refractivity contribution in [2.75, 3.05) is 6.61 Å². The maximum atomic E-state index is 12.0. The number of aryl methyl sites for hydroxylation is 1. The molecule has 2 rings (SSSR count). The van der Waals surface area contributed by atoms with Crippen LogP contribution in [0.4, 0.5) is 0 Å². The fraction of sp³-hybridized carbons (Fsp3) is 0.222. The number of hydrazine groups is 1. The van der Waals surface area contributed by atoms with Crippen LogP contribution in [0.5, 0.6) is 5.75 Å². The van der Waals surface area contributed by atoms with Crippen LogP contribution >= 0.6 is 23.2 Å². The molecule has 2 aromatic rings.